The second-order valence-electron chi connectivity index (χ2n) is 3.41. The van der Waals surface area contributed by atoms with E-state index in [4.69, 9.17) is 9.47 Å². The van der Waals surface area contributed by atoms with Crippen molar-refractivity contribution in [3.8, 4) is 11.5 Å². The number of hydrogen-bond acceptors (Lipinski definition) is 4. The molecule has 0 bridgehead atoms. The number of carbonyl (C=O) groups excluding carboxylic acids is 2. The van der Waals surface area contributed by atoms with Crippen LogP contribution in [0.4, 0.5) is 0 Å². The maximum atomic E-state index is 11.5. The Morgan fingerprint density at radius 1 is 1.41 bits per heavy atom. The normalized spacial score (nSPS) is 9.76. The largest absolute Gasteiger partial charge is 0.493 e. The van der Waals surface area contributed by atoms with Crippen molar-refractivity contribution in [2.75, 3.05) is 7.11 Å². The Morgan fingerprint density at radius 2 is 2.18 bits per heavy atom. The summed E-state index contributed by atoms with van der Waals surface area (Å²) in [6.07, 6.45) is 3.58. The fraction of sp³-hybridized carbons (Fsp3) is 0.308. The summed E-state index contributed by atoms with van der Waals surface area (Å²) in [5.74, 6) is 0.0645. The standard InChI is InChI=1S/C13H15O4/c1-3-4-8-12(15)17-13-10(9-14)6-5-7-11(13)16-2/h5-9H,3-4H2,1-2H3. The first-order valence-electron chi connectivity index (χ1n) is 5.40. The molecule has 0 aliphatic rings. The number of carbonyl (C=O) groups is 2. The first-order chi connectivity index (χ1) is 8.22. The molecule has 0 saturated heterocycles. The Labute approximate surface area is 101 Å². The van der Waals surface area contributed by atoms with Crippen LogP contribution in [0.15, 0.2) is 18.2 Å². The molecule has 4 nitrogen and oxygen atoms in total. The molecule has 0 fully saturated rings. The molecule has 0 N–H and O–H groups in total. The second kappa shape index (κ2) is 6.68. The zero-order valence-electron chi connectivity index (χ0n) is 9.93. The summed E-state index contributed by atoms with van der Waals surface area (Å²) in [7, 11) is 1.46. The molecule has 0 heterocycles. The summed E-state index contributed by atoms with van der Waals surface area (Å²) in [5, 5.41) is 0. The molecular formula is C13H15O4. The van der Waals surface area contributed by atoms with Gasteiger partial charge in [0.05, 0.1) is 19.1 Å². The number of esters is 1. The van der Waals surface area contributed by atoms with Crippen molar-refractivity contribution in [3.63, 3.8) is 0 Å². The number of rotatable bonds is 6. The quantitative estimate of drug-likeness (QED) is 0.431. The lowest BCUT2D eigenvalue weighted by Gasteiger charge is -2.10. The van der Waals surface area contributed by atoms with Crippen LogP contribution in [-0.4, -0.2) is 19.4 Å². The number of hydrogen-bond donors (Lipinski definition) is 0. The van der Waals surface area contributed by atoms with Gasteiger partial charge >= 0.3 is 5.97 Å². The van der Waals surface area contributed by atoms with Gasteiger partial charge in [0, 0.05) is 0 Å². The predicted molar refractivity (Wildman–Crippen MR) is 63.2 cm³/mol. The SMILES string of the molecule is CCC[CH]C(=O)Oc1c(C=O)cccc1OC. The molecule has 0 aliphatic carbocycles. The highest BCUT2D eigenvalue weighted by Gasteiger charge is 2.14. The van der Waals surface area contributed by atoms with Crippen LogP contribution in [0.2, 0.25) is 0 Å². The fourth-order valence-electron chi connectivity index (χ4n) is 1.30. The van der Waals surface area contributed by atoms with Gasteiger partial charge < -0.3 is 9.47 Å². The Hall–Kier alpha value is -1.84. The van der Waals surface area contributed by atoms with Crippen LogP contribution in [0.1, 0.15) is 30.1 Å². The summed E-state index contributed by atoms with van der Waals surface area (Å²) in [6, 6.07) is 4.86. The fourth-order valence-corrected chi connectivity index (χ4v) is 1.30. The minimum atomic E-state index is -0.473. The lowest BCUT2D eigenvalue weighted by atomic mass is 10.2. The molecular weight excluding hydrogens is 220 g/mol. The number of methoxy groups -OCH3 is 1. The highest BCUT2D eigenvalue weighted by Crippen LogP contribution is 2.30. The van der Waals surface area contributed by atoms with Crippen molar-refractivity contribution >= 4 is 12.3 Å². The Balaban J connectivity index is 2.87. The van der Waals surface area contributed by atoms with Gasteiger partial charge in [0.15, 0.2) is 17.8 Å². The molecule has 0 saturated carbocycles. The van der Waals surface area contributed by atoms with E-state index in [-0.39, 0.29) is 5.75 Å². The molecule has 1 radical (unpaired) electrons. The van der Waals surface area contributed by atoms with Gasteiger partial charge in [-0.25, -0.2) is 0 Å². The molecule has 1 aromatic rings. The summed E-state index contributed by atoms with van der Waals surface area (Å²) < 4.78 is 10.2. The topological polar surface area (TPSA) is 52.6 Å². The zero-order valence-corrected chi connectivity index (χ0v) is 9.93. The number of ether oxygens (including phenoxy) is 2. The highest BCUT2D eigenvalue weighted by molar-refractivity contribution is 5.87. The molecule has 0 aromatic heterocycles. The van der Waals surface area contributed by atoms with Crippen LogP contribution >= 0.6 is 0 Å². The van der Waals surface area contributed by atoms with E-state index in [1.54, 1.807) is 18.2 Å². The van der Waals surface area contributed by atoms with Crippen LogP contribution in [0.5, 0.6) is 11.5 Å². The predicted octanol–water partition coefficient (Wildman–Crippen LogP) is 2.42. The average molecular weight is 235 g/mol. The van der Waals surface area contributed by atoms with Crippen LogP contribution < -0.4 is 9.47 Å². The van der Waals surface area contributed by atoms with Crippen molar-refractivity contribution < 1.29 is 19.1 Å². The smallest absolute Gasteiger partial charge is 0.315 e. The zero-order chi connectivity index (χ0) is 12.7. The van der Waals surface area contributed by atoms with Gasteiger partial charge in [0.25, 0.3) is 0 Å². The van der Waals surface area contributed by atoms with E-state index in [1.165, 1.54) is 13.5 Å². The molecule has 0 unspecified atom stereocenters. The molecule has 0 aliphatic heterocycles. The summed E-state index contributed by atoms with van der Waals surface area (Å²) in [4.78, 5) is 22.3. The second-order valence-corrected chi connectivity index (χ2v) is 3.41. The van der Waals surface area contributed by atoms with Gasteiger partial charge in [-0.15, -0.1) is 0 Å². The average Bonchev–Trinajstić information content (AvgIpc) is 2.36. The van der Waals surface area contributed by atoms with Crippen molar-refractivity contribution in [1.29, 1.82) is 0 Å². The van der Waals surface area contributed by atoms with Gasteiger partial charge in [-0.05, 0) is 18.6 Å². The van der Waals surface area contributed by atoms with E-state index >= 15 is 0 Å². The molecule has 1 rings (SSSR count). The van der Waals surface area contributed by atoms with E-state index in [2.05, 4.69) is 0 Å². The third kappa shape index (κ3) is 3.59. The van der Waals surface area contributed by atoms with Gasteiger partial charge in [0.2, 0.25) is 0 Å². The molecule has 4 heteroatoms. The van der Waals surface area contributed by atoms with E-state index in [9.17, 15) is 9.59 Å². The molecule has 0 atom stereocenters. The van der Waals surface area contributed by atoms with Gasteiger partial charge in [-0.1, -0.05) is 19.4 Å². The molecule has 0 spiro atoms. The lowest BCUT2D eigenvalue weighted by molar-refractivity contribution is -0.130. The summed E-state index contributed by atoms with van der Waals surface area (Å²) in [5.41, 5.74) is 0.294. The highest BCUT2D eigenvalue weighted by atomic mass is 16.6. The first kappa shape index (κ1) is 13.2. The number of benzene rings is 1. The van der Waals surface area contributed by atoms with E-state index in [0.29, 0.717) is 24.0 Å². The van der Waals surface area contributed by atoms with Gasteiger partial charge in [0.1, 0.15) is 0 Å². The van der Waals surface area contributed by atoms with Crippen molar-refractivity contribution in [1.82, 2.24) is 0 Å². The van der Waals surface area contributed by atoms with E-state index in [1.807, 2.05) is 6.92 Å². The minimum absolute atomic E-state index is 0.169. The van der Waals surface area contributed by atoms with Crippen LogP contribution in [0.25, 0.3) is 0 Å². The van der Waals surface area contributed by atoms with E-state index in [0.717, 1.165) is 6.42 Å². The van der Waals surface area contributed by atoms with E-state index < -0.39 is 5.97 Å². The van der Waals surface area contributed by atoms with Crippen LogP contribution in [0.3, 0.4) is 0 Å². The third-order valence-corrected chi connectivity index (χ3v) is 2.16. The Morgan fingerprint density at radius 3 is 2.76 bits per heavy atom. The van der Waals surface area contributed by atoms with Crippen molar-refractivity contribution in [3.05, 3.63) is 30.2 Å². The maximum absolute atomic E-state index is 11.5. The Bertz CT molecular complexity index is 398. The first-order valence-corrected chi connectivity index (χ1v) is 5.40. The van der Waals surface area contributed by atoms with Crippen LogP contribution in [0, 0.1) is 6.42 Å². The van der Waals surface area contributed by atoms with Crippen LogP contribution in [-0.2, 0) is 4.79 Å². The van der Waals surface area contributed by atoms with Crippen molar-refractivity contribution in [2.24, 2.45) is 0 Å². The molecule has 1 aromatic carbocycles. The molecule has 0 amide bonds. The Kier molecular flexibility index (Phi) is 5.20. The summed E-state index contributed by atoms with van der Waals surface area (Å²) in [6.45, 7) is 1.96. The molecule has 17 heavy (non-hydrogen) atoms. The number of para-hydroxylation sites is 1. The minimum Gasteiger partial charge on any atom is -0.493 e. The van der Waals surface area contributed by atoms with Gasteiger partial charge in [-0.3, -0.25) is 9.59 Å². The third-order valence-electron chi connectivity index (χ3n) is 2.16. The number of unbranched alkanes of at least 4 members (excludes halogenated alkanes) is 1. The monoisotopic (exact) mass is 235 g/mol. The number of aldehydes is 1. The van der Waals surface area contributed by atoms with Gasteiger partial charge in [-0.2, -0.15) is 0 Å². The maximum Gasteiger partial charge on any atom is 0.315 e. The summed E-state index contributed by atoms with van der Waals surface area (Å²) >= 11 is 0. The molecule has 91 valence electrons. The lowest BCUT2D eigenvalue weighted by Crippen LogP contribution is -2.10. The van der Waals surface area contributed by atoms with Crippen molar-refractivity contribution in [2.45, 2.75) is 19.8 Å².